The summed E-state index contributed by atoms with van der Waals surface area (Å²) in [6.07, 6.45) is -6.31. The van der Waals surface area contributed by atoms with Crippen LogP contribution in [0.25, 0.3) is 0 Å². The Kier molecular flexibility index (Phi) is 3.40. The van der Waals surface area contributed by atoms with E-state index in [2.05, 4.69) is 0 Å². The van der Waals surface area contributed by atoms with Gasteiger partial charge < -0.3 is 0 Å². The van der Waals surface area contributed by atoms with E-state index < -0.39 is 23.6 Å². The maximum atomic E-state index is 13.3. The third kappa shape index (κ3) is 2.30. The second kappa shape index (κ2) is 4.13. The van der Waals surface area contributed by atoms with Gasteiger partial charge in [0.25, 0.3) is 0 Å². The number of aryl methyl sites for hydroxylation is 2. The summed E-state index contributed by atoms with van der Waals surface area (Å²) in [5.74, 6) is -11.4. The first-order valence-electron chi connectivity index (χ1n) is 4.80. The summed E-state index contributed by atoms with van der Waals surface area (Å²) in [6.45, 7) is 2.66. The molecular weight excluding hydrogens is 265 g/mol. The summed E-state index contributed by atoms with van der Waals surface area (Å²) in [6, 6.07) is 2.63. The van der Waals surface area contributed by atoms with E-state index in [9.17, 15) is 30.7 Å². The lowest BCUT2D eigenvalue weighted by atomic mass is 9.98. The van der Waals surface area contributed by atoms with Crippen LogP contribution < -0.4 is 0 Å². The maximum absolute atomic E-state index is 13.3. The van der Waals surface area contributed by atoms with Crippen LogP contribution in [-0.2, 0) is 5.92 Å². The zero-order valence-corrected chi connectivity index (χ0v) is 9.38. The summed E-state index contributed by atoms with van der Waals surface area (Å²) in [4.78, 5) is 0. The molecule has 1 aromatic rings. The van der Waals surface area contributed by atoms with E-state index in [1.807, 2.05) is 0 Å². The van der Waals surface area contributed by atoms with Crippen molar-refractivity contribution in [2.24, 2.45) is 0 Å². The van der Waals surface area contributed by atoms with Crippen molar-refractivity contribution in [3.63, 3.8) is 0 Å². The topological polar surface area (TPSA) is 0 Å². The summed E-state index contributed by atoms with van der Waals surface area (Å²) in [5.41, 5.74) is -0.979. The second-order valence-corrected chi connectivity index (χ2v) is 4.02. The highest BCUT2D eigenvalue weighted by Gasteiger charge is 2.73. The summed E-state index contributed by atoms with van der Waals surface area (Å²) in [7, 11) is 0. The van der Waals surface area contributed by atoms with Crippen LogP contribution in [-0.4, -0.2) is 12.1 Å². The van der Waals surface area contributed by atoms with Gasteiger partial charge >= 0.3 is 18.0 Å². The molecule has 0 aliphatic heterocycles. The number of hydrogen-bond acceptors (Lipinski definition) is 0. The molecule has 0 bridgehead atoms. The molecule has 0 heterocycles. The van der Waals surface area contributed by atoms with Crippen LogP contribution in [0.5, 0.6) is 0 Å². The maximum Gasteiger partial charge on any atom is 0.460 e. The lowest BCUT2D eigenvalue weighted by Crippen LogP contribution is -2.50. The van der Waals surface area contributed by atoms with Crippen LogP contribution in [0.2, 0.25) is 0 Å². The van der Waals surface area contributed by atoms with Crippen molar-refractivity contribution >= 4 is 0 Å². The Morgan fingerprint density at radius 1 is 0.722 bits per heavy atom. The Hall–Kier alpha value is -1.27. The van der Waals surface area contributed by atoms with Crippen molar-refractivity contribution in [3.8, 4) is 0 Å². The summed E-state index contributed by atoms with van der Waals surface area (Å²) >= 11 is 0. The molecule has 0 radical (unpaired) electrons. The Bertz CT molecular complexity index is 425. The zero-order valence-electron chi connectivity index (χ0n) is 9.38. The van der Waals surface area contributed by atoms with E-state index in [1.165, 1.54) is 19.9 Å². The molecule has 0 spiro atoms. The molecule has 0 N–H and O–H groups in total. The number of hydrogen-bond donors (Lipinski definition) is 0. The Labute approximate surface area is 98.4 Å². The fraction of sp³-hybridized carbons (Fsp3) is 0.455. The quantitative estimate of drug-likeness (QED) is 0.692. The molecular formula is C11H9F7. The Morgan fingerprint density at radius 2 is 1.11 bits per heavy atom. The molecule has 0 saturated heterocycles. The van der Waals surface area contributed by atoms with Crippen LogP contribution in [0.3, 0.4) is 0 Å². The van der Waals surface area contributed by atoms with Gasteiger partial charge in [0, 0.05) is 5.56 Å². The van der Waals surface area contributed by atoms with E-state index >= 15 is 0 Å². The average Bonchev–Trinajstić information content (AvgIpc) is 2.13. The van der Waals surface area contributed by atoms with Crippen LogP contribution in [0.15, 0.2) is 18.2 Å². The molecule has 0 aromatic heterocycles. The van der Waals surface area contributed by atoms with Crippen LogP contribution in [0.1, 0.15) is 16.7 Å². The molecule has 0 amide bonds. The molecule has 0 atom stereocenters. The van der Waals surface area contributed by atoms with Gasteiger partial charge in [-0.3, -0.25) is 0 Å². The normalized spacial score (nSPS) is 13.8. The molecule has 1 rings (SSSR count). The number of alkyl halides is 7. The molecule has 1 aromatic carbocycles. The highest BCUT2D eigenvalue weighted by atomic mass is 19.4. The third-order valence-corrected chi connectivity index (χ3v) is 2.33. The standard InChI is InChI=1S/C11H9F7/c1-6-3-7(2)5-8(4-6)9(12,13)10(14,15)11(16,17)18/h3-5H,1-2H3. The number of benzene rings is 1. The van der Waals surface area contributed by atoms with Crippen molar-refractivity contribution in [2.45, 2.75) is 31.9 Å². The zero-order chi connectivity index (χ0) is 14.4. The second-order valence-electron chi connectivity index (χ2n) is 4.02. The lowest BCUT2D eigenvalue weighted by molar-refractivity contribution is -0.359. The first-order chi connectivity index (χ1) is 7.89. The minimum atomic E-state index is -6.31. The van der Waals surface area contributed by atoms with E-state index in [4.69, 9.17) is 0 Å². The smallest absolute Gasteiger partial charge is 0.194 e. The fourth-order valence-corrected chi connectivity index (χ4v) is 1.52. The van der Waals surface area contributed by atoms with Crippen molar-refractivity contribution in [1.29, 1.82) is 0 Å². The van der Waals surface area contributed by atoms with Gasteiger partial charge in [-0.2, -0.15) is 30.7 Å². The van der Waals surface area contributed by atoms with Crippen LogP contribution in [0.4, 0.5) is 30.7 Å². The van der Waals surface area contributed by atoms with Crippen molar-refractivity contribution < 1.29 is 30.7 Å². The Morgan fingerprint density at radius 3 is 1.44 bits per heavy atom. The molecule has 18 heavy (non-hydrogen) atoms. The first kappa shape index (κ1) is 14.8. The summed E-state index contributed by atoms with van der Waals surface area (Å²) in [5, 5.41) is 0. The average molecular weight is 274 g/mol. The van der Waals surface area contributed by atoms with Gasteiger partial charge in [-0.05, 0) is 26.0 Å². The lowest BCUT2D eigenvalue weighted by Gasteiger charge is -2.28. The van der Waals surface area contributed by atoms with Gasteiger partial charge in [-0.15, -0.1) is 0 Å². The summed E-state index contributed by atoms with van der Waals surface area (Å²) < 4.78 is 88.2. The van der Waals surface area contributed by atoms with E-state index in [-0.39, 0.29) is 11.1 Å². The van der Waals surface area contributed by atoms with Crippen LogP contribution in [0, 0.1) is 13.8 Å². The molecule has 0 fully saturated rings. The number of halogens is 7. The molecule has 0 aliphatic carbocycles. The largest absolute Gasteiger partial charge is 0.460 e. The van der Waals surface area contributed by atoms with E-state index in [1.54, 1.807) is 0 Å². The van der Waals surface area contributed by atoms with Gasteiger partial charge in [0.2, 0.25) is 0 Å². The Balaban J connectivity index is 3.37. The van der Waals surface area contributed by atoms with Gasteiger partial charge in [0.1, 0.15) is 0 Å². The van der Waals surface area contributed by atoms with Crippen molar-refractivity contribution in [1.82, 2.24) is 0 Å². The minimum Gasteiger partial charge on any atom is -0.194 e. The predicted molar refractivity (Wildman–Crippen MR) is 50.8 cm³/mol. The van der Waals surface area contributed by atoms with Gasteiger partial charge in [-0.1, -0.05) is 17.2 Å². The van der Waals surface area contributed by atoms with E-state index in [0.717, 1.165) is 0 Å². The third-order valence-electron chi connectivity index (χ3n) is 2.33. The van der Waals surface area contributed by atoms with Gasteiger partial charge in [0.15, 0.2) is 0 Å². The van der Waals surface area contributed by atoms with Crippen LogP contribution >= 0.6 is 0 Å². The van der Waals surface area contributed by atoms with Crippen molar-refractivity contribution in [3.05, 3.63) is 34.9 Å². The molecule has 0 aliphatic rings. The SMILES string of the molecule is Cc1cc(C)cc(C(F)(F)C(F)(F)C(F)(F)F)c1. The fourth-order valence-electron chi connectivity index (χ4n) is 1.52. The molecule has 7 heteroatoms. The van der Waals surface area contributed by atoms with Gasteiger partial charge in [0.05, 0.1) is 0 Å². The highest BCUT2D eigenvalue weighted by Crippen LogP contribution is 2.51. The number of rotatable bonds is 2. The van der Waals surface area contributed by atoms with E-state index in [0.29, 0.717) is 12.1 Å². The van der Waals surface area contributed by atoms with Crippen molar-refractivity contribution in [2.75, 3.05) is 0 Å². The monoisotopic (exact) mass is 274 g/mol. The molecule has 102 valence electrons. The highest BCUT2D eigenvalue weighted by molar-refractivity contribution is 5.33. The molecule has 0 saturated carbocycles. The molecule has 0 unspecified atom stereocenters. The predicted octanol–water partition coefficient (Wildman–Crippen LogP) is 4.59. The molecule has 0 nitrogen and oxygen atoms in total. The van der Waals surface area contributed by atoms with Gasteiger partial charge in [-0.25, -0.2) is 0 Å². The minimum absolute atomic E-state index is 0.183. The first-order valence-corrected chi connectivity index (χ1v) is 4.80.